The highest BCUT2D eigenvalue weighted by molar-refractivity contribution is 6.03. The molecular formula is C21H25NO6. The van der Waals surface area contributed by atoms with Crippen molar-refractivity contribution in [2.75, 3.05) is 26.6 Å². The Kier molecular flexibility index (Phi) is 7.26. The highest BCUT2D eigenvalue weighted by Gasteiger charge is 2.23. The van der Waals surface area contributed by atoms with Crippen molar-refractivity contribution in [3.8, 4) is 17.2 Å². The van der Waals surface area contributed by atoms with Crippen LogP contribution in [0.1, 0.15) is 29.3 Å². The van der Waals surface area contributed by atoms with Gasteiger partial charge in [-0.15, -0.1) is 0 Å². The van der Waals surface area contributed by atoms with E-state index in [1.54, 1.807) is 6.07 Å². The average molecular weight is 387 g/mol. The summed E-state index contributed by atoms with van der Waals surface area (Å²) >= 11 is 0. The van der Waals surface area contributed by atoms with E-state index in [9.17, 15) is 9.59 Å². The van der Waals surface area contributed by atoms with Crippen molar-refractivity contribution in [3.05, 3.63) is 47.5 Å². The van der Waals surface area contributed by atoms with Crippen LogP contribution in [0.3, 0.4) is 0 Å². The van der Waals surface area contributed by atoms with E-state index in [0.717, 1.165) is 5.56 Å². The number of benzene rings is 2. The van der Waals surface area contributed by atoms with Crippen molar-refractivity contribution in [1.82, 2.24) is 0 Å². The van der Waals surface area contributed by atoms with Crippen molar-refractivity contribution in [2.24, 2.45) is 0 Å². The molecule has 0 fully saturated rings. The van der Waals surface area contributed by atoms with Gasteiger partial charge in [0, 0.05) is 12.1 Å². The molecule has 0 radical (unpaired) electrons. The fourth-order valence-corrected chi connectivity index (χ4v) is 2.65. The SMILES string of the molecule is CCC(Oc1cccc(C)c1)C(=O)Nc1cc(OC)c(OC)cc1C(=O)OC. The maximum Gasteiger partial charge on any atom is 0.340 e. The fourth-order valence-electron chi connectivity index (χ4n) is 2.65. The largest absolute Gasteiger partial charge is 0.493 e. The highest BCUT2D eigenvalue weighted by atomic mass is 16.5. The third kappa shape index (κ3) is 4.94. The van der Waals surface area contributed by atoms with E-state index >= 15 is 0 Å². The van der Waals surface area contributed by atoms with Gasteiger partial charge in [0.15, 0.2) is 17.6 Å². The molecule has 0 heterocycles. The Bertz CT molecular complexity index is 849. The van der Waals surface area contributed by atoms with Gasteiger partial charge in [0.25, 0.3) is 5.91 Å². The number of anilines is 1. The standard InChI is InChI=1S/C21H25NO6/c1-6-17(28-14-9-7-8-13(2)10-14)20(23)22-16-12-19(26-4)18(25-3)11-15(16)21(24)27-5/h7-12,17H,6H2,1-5H3,(H,22,23). The van der Waals surface area contributed by atoms with Crippen molar-refractivity contribution < 1.29 is 28.5 Å². The van der Waals surface area contributed by atoms with Crippen molar-refractivity contribution in [2.45, 2.75) is 26.4 Å². The van der Waals surface area contributed by atoms with Gasteiger partial charge in [-0.2, -0.15) is 0 Å². The minimum Gasteiger partial charge on any atom is -0.493 e. The lowest BCUT2D eigenvalue weighted by atomic mass is 10.1. The lowest BCUT2D eigenvalue weighted by molar-refractivity contribution is -0.122. The molecule has 0 saturated carbocycles. The first-order chi connectivity index (χ1) is 13.4. The minimum atomic E-state index is -0.736. The van der Waals surface area contributed by atoms with Gasteiger partial charge in [0.2, 0.25) is 0 Å². The number of ether oxygens (including phenoxy) is 4. The predicted molar refractivity (Wildman–Crippen MR) is 105 cm³/mol. The molecule has 0 aliphatic heterocycles. The van der Waals surface area contributed by atoms with E-state index < -0.39 is 12.1 Å². The van der Waals surface area contributed by atoms with E-state index in [1.165, 1.54) is 33.5 Å². The van der Waals surface area contributed by atoms with Gasteiger partial charge in [-0.3, -0.25) is 4.79 Å². The van der Waals surface area contributed by atoms with Gasteiger partial charge in [-0.25, -0.2) is 4.79 Å². The Balaban J connectivity index is 2.30. The molecule has 2 aromatic carbocycles. The van der Waals surface area contributed by atoms with Gasteiger partial charge in [0.05, 0.1) is 32.6 Å². The second-order valence-electron chi connectivity index (χ2n) is 6.06. The minimum absolute atomic E-state index is 0.152. The van der Waals surface area contributed by atoms with Crippen molar-refractivity contribution in [3.63, 3.8) is 0 Å². The molecule has 150 valence electrons. The third-order valence-electron chi connectivity index (χ3n) is 4.12. The number of carbonyl (C=O) groups is 2. The number of nitrogens with one attached hydrogen (secondary N) is 1. The van der Waals surface area contributed by atoms with Crippen LogP contribution in [0.15, 0.2) is 36.4 Å². The lowest BCUT2D eigenvalue weighted by Gasteiger charge is -2.19. The molecule has 0 aromatic heterocycles. The summed E-state index contributed by atoms with van der Waals surface area (Å²) in [6, 6.07) is 10.4. The molecule has 7 heteroatoms. The molecule has 7 nitrogen and oxygen atoms in total. The monoisotopic (exact) mass is 387 g/mol. The number of esters is 1. The molecule has 28 heavy (non-hydrogen) atoms. The van der Waals surface area contributed by atoms with Crippen LogP contribution in [0, 0.1) is 6.92 Å². The smallest absolute Gasteiger partial charge is 0.340 e. The number of carbonyl (C=O) groups excluding carboxylic acids is 2. The van der Waals surface area contributed by atoms with Crippen LogP contribution in [0.2, 0.25) is 0 Å². The molecule has 2 aromatic rings. The Morgan fingerprint density at radius 2 is 1.71 bits per heavy atom. The second kappa shape index (κ2) is 9.64. The van der Waals surface area contributed by atoms with Gasteiger partial charge in [-0.05, 0) is 31.0 Å². The third-order valence-corrected chi connectivity index (χ3v) is 4.12. The average Bonchev–Trinajstić information content (AvgIpc) is 2.70. The molecular weight excluding hydrogens is 362 g/mol. The number of hydrogen-bond donors (Lipinski definition) is 1. The zero-order chi connectivity index (χ0) is 20.7. The van der Waals surface area contributed by atoms with Crippen LogP contribution in [-0.4, -0.2) is 39.3 Å². The molecule has 0 aliphatic rings. The molecule has 0 bridgehead atoms. The number of hydrogen-bond acceptors (Lipinski definition) is 6. The molecule has 2 rings (SSSR count). The summed E-state index contributed by atoms with van der Waals surface area (Å²) in [5.41, 5.74) is 1.43. The van der Waals surface area contributed by atoms with Crippen LogP contribution >= 0.6 is 0 Å². The van der Waals surface area contributed by atoms with Gasteiger partial charge in [0.1, 0.15) is 5.75 Å². The van der Waals surface area contributed by atoms with Crippen molar-refractivity contribution >= 4 is 17.6 Å². The Hall–Kier alpha value is -3.22. The van der Waals surface area contributed by atoms with Crippen LogP contribution in [-0.2, 0) is 9.53 Å². The van der Waals surface area contributed by atoms with E-state index in [2.05, 4.69) is 5.32 Å². The summed E-state index contributed by atoms with van der Waals surface area (Å²) in [6.45, 7) is 3.79. The molecule has 1 amide bonds. The molecule has 1 N–H and O–H groups in total. The molecule has 1 unspecified atom stereocenters. The topological polar surface area (TPSA) is 83.1 Å². The van der Waals surface area contributed by atoms with E-state index in [4.69, 9.17) is 18.9 Å². The molecule has 0 saturated heterocycles. The van der Waals surface area contributed by atoms with Crippen LogP contribution in [0.25, 0.3) is 0 Å². The fraction of sp³-hybridized carbons (Fsp3) is 0.333. The van der Waals surface area contributed by atoms with Crippen LogP contribution in [0.5, 0.6) is 17.2 Å². The maximum atomic E-state index is 12.8. The number of amides is 1. The summed E-state index contributed by atoms with van der Waals surface area (Å²) in [7, 11) is 4.19. The van der Waals surface area contributed by atoms with E-state index in [1.807, 2.05) is 32.0 Å². The van der Waals surface area contributed by atoms with Gasteiger partial charge >= 0.3 is 5.97 Å². The first kappa shape index (κ1) is 21.1. The van der Waals surface area contributed by atoms with Gasteiger partial charge < -0.3 is 24.3 Å². The summed E-state index contributed by atoms with van der Waals surface area (Å²) in [5.74, 6) is 0.329. The molecule has 0 aliphatic carbocycles. The zero-order valence-corrected chi connectivity index (χ0v) is 16.7. The Morgan fingerprint density at radius 1 is 1.04 bits per heavy atom. The quantitative estimate of drug-likeness (QED) is 0.697. The van der Waals surface area contributed by atoms with Crippen molar-refractivity contribution in [1.29, 1.82) is 0 Å². The normalized spacial score (nSPS) is 11.3. The number of rotatable bonds is 8. The van der Waals surface area contributed by atoms with E-state index in [0.29, 0.717) is 23.7 Å². The molecule has 1 atom stereocenters. The van der Waals surface area contributed by atoms with Gasteiger partial charge in [-0.1, -0.05) is 19.1 Å². The maximum absolute atomic E-state index is 12.8. The first-order valence-electron chi connectivity index (χ1n) is 8.82. The van der Waals surface area contributed by atoms with E-state index in [-0.39, 0.29) is 17.2 Å². The summed E-state index contributed by atoms with van der Waals surface area (Å²) in [6.07, 6.45) is -0.291. The van der Waals surface area contributed by atoms with Crippen LogP contribution in [0.4, 0.5) is 5.69 Å². The Labute approximate surface area is 164 Å². The first-order valence-corrected chi connectivity index (χ1v) is 8.82. The zero-order valence-electron chi connectivity index (χ0n) is 16.7. The molecule has 0 spiro atoms. The Morgan fingerprint density at radius 3 is 2.29 bits per heavy atom. The lowest BCUT2D eigenvalue weighted by Crippen LogP contribution is -2.33. The summed E-state index contributed by atoms with van der Waals surface area (Å²) < 4.78 is 21.1. The van der Waals surface area contributed by atoms with Crippen LogP contribution < -0.4 is 19.5 Å². The predicted octanol–water partition coefficient (Wildman–Crippen LogP) is 3.59. The number of methoxy groups -OCH3 is 3. The highest BCUT2D eigenvalue weighted by Crippen LogP contribution is 2.34. The summed E-state index contributed by atoms with van der Waals surface area (Å²) in [4.78, 5) is 24.9. The number of aryl methyl sites for hydroxylation is 1. The summed E-state index contributed by atoms with van der Waals surface area (Å²) in [5, 5.41) is 2.74. The second-order valence-corrected chi connectivity index (χ2v) is 6.06.